The van der Waals surface area contributed by atoms with Crippen molar-refractivity contribution in [3.05, 3.63) is 71.4 Å². The van der Waals surface area contributed by atoms with E-state index in [4.69, 9.17) is 9.84 Å². The summed E-state index contributed by atoms with van der Waals surface area (Å²) in [5.74, 6) is -2.15. The van der Waals surface area contributed by atoms with E-state index in [9.17, 15) is 24.2 Å². The van der Waals surface area contributed by atoms with Gasteiger partial charge in [0.05, 0.1) is 36.6 Å². The van der Waals surface area contributed by atoms with Gasteiger partial charge >= 0.3 is 5.97 Å². The molecule has 3 rings (SSSR count). The Labute approximate surface area is 207 Å². The number of aliphatic hydroxyl groups excluding tert-OH is 2. The van der Waals surface area contributed by atoms with Crippen molar-refractivity contribution >= 4 is 11.9 Å². The average molecular weight is 501 g/mol. The third-order valence-corrected chi connectivity index (χ3v) is 5.26. The normalized spacial score (nSPS) is 12.8. The Bertz CT molecular complexity index is 1170. The molecule has 0 unspecified atom stereocenters. The second-order valence-electron chi connectivity index (χ2n) is 8.57. The number of aliphatic hydroxyl groups is 2. The number of nitrogens with zero attached hydrogens (tertiary/aromatic N) is 3. The van der Waals surface area contributed by atoms with Crippen LogP contribution in [-0.4, -0.2) is 60.8 Å². The van der Waals surface area contributed by atoms with Crippen LogP contribution < -0.4 is 10.1 Å². The highest BCUT2D eigenvalue weighted by molar-refractivity contribution is 5.94. The maximum atomic E-state index is 13.5. The van der Waals surface area contributed by atoms with Crippen LogP contribution in [0.1, 0.15) is 54.4 Å². The molecule has 11 heteroatoms. The average Bonchev–Trinajstić information content (AvgIpc) is 3.21. The topological polar surface area (TPSA) is 147 Å². The summed E-state index contributed by atoms with van der Waals surface area (Å²) in [6.07, 6.45) is -1.54. The number of nitrogens with one attached hydrogen (secondary N) is 1. The number of aliphatic carboxylic acids is 1. The Morgan fingerprint density at radius 3 is 2.44 bits per heavy atom. The largest absolute Gasteiger partial charge is 0.481 e. The van der Waals surface area contributed by atoms with Crippen LogP contribution in [0, 0.1) is 5.82 Å². The van der Waals surface area contributed by atoms with Crippen molar-refractivity contribution in [1.82, 2.24) is 20.1 Å². The van der Waals surface area contributed by atoms with Crippen LogP contribution >= 0.6 is 0 Å². The van der Waals surface area contributed by atoms with Crippen molar-refractivity contribution in [2.24, 2.45) is 0 Å². The van der Waals surface area contributed by atoms with E-state index in [1.54, 1.807) is 18.3 Å². The molecule has 0 saturated carbocycles. The minimum Gasteiger partial charge on any atom is -0.481 e. The maximum Gasteiger partial charge on any atom is 0.305 e. The highest BCUT2D eigenvalue weighted by atomic mass is 19.1. The Balaban J connectivity index is 1.90. The van der Waals surface area contributed by atoms with Gasteiger partial charge in [-0.1, -0.05) is 19.9 Å². The van der Waals surface area contributed by atoms with Crippen molar-refractivity contribution in [2.45, 2.75) is 51.4 Å². The van der Waals surface area contributed by atoms with E-state index in [2.05, 4.69) is 15.4 Å². The molecule has 0 saturated heterocycles. The number of aromatic nitrogens is 3. The van der Waals surface area contributed by atoms with Gasteiger partial charge in [0.25, 0.3) is 5.91 Å². The number of carboxylic acids is 1. The summed E-state index contributed by atoms with van der Waals surface area (Å²) in [5.41, 5.74) is 1.66. The fraction of sp³-hybridized carbons (Fsp3) is 0.360. The molecule has 0 bridgehead atoms. The monoisotopic (exact) mass is 500 g/mol. The number of hydrogen-bond donors (Lipinski definition) is 4. The van der Waals surface area contributed by atoms with Crippen LogP contribution in [0.2, 0.25) is 0 Å². The fourth-order valence-corrected chi connectivity index (χ4v) is 3.60. The molecule has 0 radical (unpaired) electrons. The molecule has 0 aliphatic heterocycles. The van der Waals surface area contributed by atoms with E-state index in [0.29, 0.717) is 16.9 Å². The van der Waals surface area contributed by atoms with E-state index < -0.39 is 36.3 Å². The summed E-state index contributed by atoms with van der Waals surface area (Å²) >= 11 is 0. The van der Waals surface area contributed by atoms with Gasteiger partial charge in [-0.2, -0.15) is 5.10 Å². The van der Waals surface area contributed by atoms with Crippen LogP contribution in [-0.2, 0) is 11.3 Å². The molecule has 2 heterocycles. The predicted molar refractivity (Wildman–Crippen MR) is 127 cm³/mol. The second kappa shape index (κ2) is 12.2. The fourth-order valence-electron chi connectivity index (χ4n) is 3.60. The Kier molecular flexibility index (Phi) is 9.09. The number of pyridine rings is 1. The minimum atomic E-state index is -1.25. The molecule has 0 aliphatic rings. The smallest absolute Gasteiger partial charge is 0.305 e. The number of rotatable bonds is 12. The minimum absolute atomic E-state index is 0.0978. The lowest BCUT2D eigenvalue weighted by atomic mass is 10.0. The Hall–Kier alpha value is -3.83. The molecule has 0 aliphatic carbocycles. The quantitative estimate of drug-likeness (QED) is 0.297. The van der Waals surface area contributed by atoms with Crippen molar-refractivity contribution < 1.29 is 34.0 Å². The van der Waals surface area contributed by atoms with E-state index >= 15 is 0 Å². The van der Waals surface area contributed by atoms with E-state index in [-0.39, 0.29) is 37.1 Å². The number of hydrogen-bond acceptors (Lipinski definition) is 7. The van der Waals surface area contributed by atoms with Crippen molar-refractivity contribution in [3.8, 4) is 11.6 Å². The molecule has 1 amide bonds. The van der Waals surface area contributed by atoms with E-state index in [1.807, 2.05) is 19.9 Å². The molecule has 3 aromatic rings. The number of benzene rings is 1. The van der Waals surface area contributed by atoms with Crippen molar-refractivity contribution in [1.29, 1.82) is 0 Å². The first kappa shape index (κ1) is 26.8. The molecule has 36 heavy (non-hydrogen) atoms. The van der Waals surface area contributed by atoms with Gasteiger partial charge in [-0.05, 0) is 42.3 Å². The van der Waals surface area contributed by atoms with Crippen LogP contribution in [0.4, 0.5) is 4.39 Å². The highest BCUT2D eigenvalue weighted by Crippen LogP contribution is 2.33. The first-order chi connectivity index (χ1) is 17.2. The lowest BCUT2D eigenvalue weighted by molar-refractivity contribution is -0.139. The molecule has 10 nitrogen and oxygen atoms in total. The lowest BCUT2D eigenvalue weighted by Crippen LogP contribution is -2.26. The number of carbonyl (C=O) groups excluding carboxylic acids is 1. The van der Waals surface area contributed by atoms with Gasteiger partial charge in [0, 0.05) is 18.2 Å². The van der Waals surface area contributed by atoms with E-state index in [1.165, 1.54) is 28.9 Å². The number of carboxylic acid groups (broad SMARTS) is 1. The molecule has 2 atom stereocenters. The lowest BCUT2D eigenvalue weighted by Gasteiger charge is -2.17. The SMILES string of the molecule is CC(C)c1c(C(=O)NCc2ccccn2)nn(-c2ccc(F)cc2)c1OC[C@@H](O)C[C@@H](O)CC(=O)O. The molecule has 0 fully saturated rings. The summed E-state index contributed by atoms with van der Waals surface area (Å²) in [7, 11) is 0. The summed E-state index contributed by atoms with van der Waals surface area (Å²) in [6.45, 7) is 3.58. The highest BCUT2D eigenvalue weighted by Gasteiger charge is 2.28. The van der Waals surface area contributed by atoms with Gasteiger partial charge in [-0.25, -0.2) is 9.07 Å². The predicted octanol–water partition coefficient (Wildman–Crippen LogP) is 2.43. The zero-order valence-electron chi connectivity index (χ0n) is 20.0. The molecular weight excluding hydrogens is 471 g/mol. The second-order valence-corrected chi connectivity index (χ2v) is 8.57. The number of carbonyl (C=O) groups is 2. The number of halogens is 1. The molecule has 0 spiro atoms. The van der Waals surface area contributed by atoms with Gasteiger partial charge in [-0.15, -0.1) is 0 Å². The third kappa shape index (κ3) is 7.09. The van der Waals surface area contributed by atoms with Crippen molar-refractivity contribution in [2.75, 3.05) is 6.61 Å². The first-order valence-electron chi connectivity index (χ1n) is 11.4. The van der Waals surface area contributed by atoms with Crippen LogP contribution in [0.3, 0.4) is 0 Å². The number of amides is 1. The van der Waals surface area contributed by atoms with Gasteiger partial charge in [0.1, 0.15) is 12.4 Å². The zero-order chi connectivity index (χ0) is 26.2. The van der Waals surface area contributed by atoms with E-state index in [0.717, 1.165) is 0 Å². The van der Waals surface area contributed by atoms with Crippen LogP contribution in [0.5, 0.6) is 5.88 Å². The van der Waals surface area contributed by atoms with Gasteiger partial charge in [0.15, 0.2) is 5.69 Å². The summed E-state index contributed by atoms with van der Waals surface area (Å²) in [6, 6.07) is 10.8. The number of ether oxygens (including phenoxy) is 1. The Morgan fingerprint density at radius 1 is 1.11 bits per heavy atom. The standard InChI is InChI=1S/C25H29FN4O6/c1-15(2)22-23(24(35)28-13-17-5-3-4-10-27-17)29-30(18-8-6-16(26)7-9-18)25(22)36-14-20(32)11-19(31)12-21(33)34/h3-10,15,19-20,31-32H,11-14H2,1-2H3,(H,28,35)(H,33,34)/t19-,20+/m1/s1. The van der Waals surface area contributed by atoms with Crippen molar-refractivity contribution in [3.63, 3.8) is 0 Å². The van der Waals surface area contributed by atoms with Gasteiger partial charge in [0.2, 0.25) is 5.88 Å². The molecule has 1 aromatic carbocycles. The summed E-state index contributed by atoms with van der Waals surface area (Å²) in [5, 5.41) is 36.2. The summed E-state index contributed by atoms with van der Waals surface area (Å²) in [4.78, 5) is 28.1. The van der Waals surface area contributed by atoms with Gasteiger partial charge < -0.3 is 25.4 Å². The van der Waals surface area contributed by atoms with Crippen LogP contribution in [0.25, 0.3) is 5.69 Å². The van der Waals surface area contributed by atoms with Crippen LogP contribution in [0.15, 0.2) is 48.7 Å². The Morgan fingerprint density at radius 2 is 1.83 bits per heavy atom. The third-order valence-electron chi connectivity index (χ3n) is 5.26. The molecule has 2 aromatic heterocycles. The first-order valence-corrected chi connectivity index (χ1v) is 11.4. The zero-order valence-corrected chi connectivity index (χ0v) is 20.0. The molecular formula is C25H29FN4O6. The maximum absolute atomic E-state index is 13.5. The van der Waals surface area contributed by atoms with Gasteiger partial charge in [-0.3, -0.25) is 14.6 Å². The molecule has 4 N–H and O–H groups in total. The molecule has 192 valence electrons. The summed E-state index contributed by atoms with van der Waals surface area (Å²) < 4.78 is 20.8.